The number of benzene rings is 3. The summed E-state index contributed by atoms with van der Waals surface area (Å²) in [4.78, 5) is 25.4. The molecular weight excluding hydrogens is 526 g/mol. The van der Waals surface area contributed by atoms with Crippen LogP contribution < -0.4 is 20.1 Å². The summed E-state index contributed by atoms with van der Waals surface area (Å²) in [5.74, 6) is 1.42. The highest BCUT2D eigenvalue weighted by Gasteiger charge is 2.18. The first-order valence-corrected chi connectivity index (χ1v) is 13.1. The number of carbonyl (C=O) groups excluding carboxylic acids is 2. The van der Waals surface area contributed by atoms with Crippen molar-refractivity contribution in [3.8, 4) is 17.2 Å². The molecule has 1 aromatic heterocycles. The highest BCUT2D eigenvalue weighted by molar-refractivity contribution is 7.99. The van der Waals surface area contributed by atoms with E-state index in [1.54, 1.807) is 72.3 Å². The van der Waals surface area contributed by atoms with Crippen molar-refractivity contribution >= 4 is 40.9 Å². The normalized spacial score (nSPS) is 10.6. The number of hydrogen-bond donors (Lipinski definition) is 2. The Labute approximate surface area is 229 Å². The number of methoxy groups -OCH3 is 1. The summed E-state index contributed by atoms with van der Waals surface area (Å²) in [7, 11) is 1.54. The Kier molecular flexibility index (Phi) is 9.23. The highest BCUT2D eigenvalue weighted by atomic mass is 35.5. The minimum Gasteiger partial charge on any atom is -0.497 e. The third-order valence-electron chi connectivity index (χ3n) is 5.29. The molecule has 0 aliphatic heterocycles. The van der Waals surface area contributed by atoms with Crippen molar-refractivity contribution in [1.82, 2.24) is 20.1 Å². The van der Waals surface area contributed by atoms with E-state index in [9.17, 15) is 9.59 Å². The number of nitrogens with zero attached hydrogens (tertiary/aromatic N) is 3. The number of hydrogen-bond acceptors (Lipinski definition) is 7. The van der Waals surface area contributed by atoms with E-state index in [1.807, 2.05) is 19.1 Å². The average molecular weight is 552 g/mol. The van der Waals surface area contributed by atoms with Crippen molar-refractivity contribution in [3.05, 3.63) is 89.2 Å². The van der Waals surface area contributed by atoms with Crippen molar-refractivity contribution in [2.45, 2.75) is 18.6 Å². The number of aromatic nitrogens is 3. The molecule has 0 saturated carbocycles. The summed E-state index contributed by atoms with van der Waals surface area (Å²) in [5, 5.41) is 15.3. The Morgan fingerprint density at radius 1 is 1.00 bits per heavy atom. The van der Waals surface area contributed by atoms with Gasteiger partial charge in [-0.15, -0.1) is 10.2 Å². The van der Waals surface area contributed by atoms with Gasteiger partial charge in [0.25, 0.3) is 5.91 Å². The summed E-state index contributed by atoms with van der Waals surface area (Å²) in [6, 6.07) is 21.2. The van der Waals surface area contributed by atoms with E-state index in [1.165, 1.54) is 11.8 Å². The fourth-order valence-electron chi connectivity index (χ4n) is 3.54. The lowest BCUT2D eigenvalue weighted by molar-refractivity contribution is -0.113. The summed E-state index contributed by atoms with van der Waals surface area (Å²) >= 11 is 7.46. The second kappa shape index (κ2) is 13.0. The minimum atomic E-state index is -0.284. The van der Waals surface area contributed by atoms with Gasteiger partial charge in [0.05, 0.1) is 31.7 Å². The number of thioether (sulfide) groups is 1. The third kappa shape index (κ3) is 7.05. The molecule has 0 aliphatic rings. The predicted octanol–water partition coefficient (Wildman–Crippen LogP) is 4.99. The van der Waals surface area contributed by atoms with Crippen LogP contribution in [0.5, 0.6) is 11.5 Å². The van der Waals surface area contributed by atoms with Crippen LogP contribution in [0.2, 0.25) is 5.02 Å². The van der Waals surface area contributed by atoms with Crippen LogP contribution in [0.1, 0.15) is 23.1 Å². The number of ether oxygens (including phenoxy) is 2. The van der Waals surface area contributed by atoms with Crippen LogP contribution in [0.25, 0.3) is 5.69 Å². The first-order chi connectivity index (χ1) is 18.5. The molecule has 0 aliphatic carbocycles. The molecule has 2 N–H and O–H groups in total. The van der Waals surface area contributed by atoms with Crippen molar-refractivity contribution in [2.24, 2.45) is 0 Å². The van der Waals surface area contributed by atoms with E-state index in [4.69, 9.17) is 21.1 Å². The van der Waals surface area contributed by atoms with Crippen molar-refractivity contribution < 1.29 is 19.1 Å². The van der Waals surface area contributed by atoms with Crippen LogP contribution in [-0.2, 0) is 11.3 Å². The molecule has 0 saturated heterocycles. The van der Waals surface area contributed by atoms with Gasteiger partial charge in [-0.1, -0.05) is 35.5 Å². The van der Waals surface area contributed by atoms with E-state index in [0.717, 1.165) is 5.75 Å². The highest BCUT2D eigenvalue weighted by Crippen LogP contribution is 2.25. The summed E-state index contributed by atoms with van der Waals surface area (Å²) in [6.07, 6.45) is 0. The molecule has 0 spiro atoms. The van der Waals surface area contributed by atoms with Gasteiger partial charge in [-0.2, -0.15) is 0 Å². The lowest BCUT2D eigenvalue weighted by Crippen LogP contribution is -2.24. The topological polar surface area (TPSA) is 107 Å². The van der Waals surface area contributed by atoms with Crippen molar-refractivity contribution in [2.75, 3.05) is 24.8 Å². The lowest BCUT2D eigenvalue weighted by atomic mass is 10.2. The van der Waals surface area contributed by atoms with Crippen LogP contribution in [0.15, 0.2) is 78.0 Å². The molecule has 0 atom stereocenters. The Bertz CT molecular complexity index is 1410. The number of nitrogens with one attached hydrogen (secondary N) is 2. The van der Waals surface area contributed by atoms with Gasteiger partial charge in [-0.05, 0) is 67.6 Å². The number of halogens is 1. The maximum atomic E-state index is 12.7. The van der Waals surface area contributed by atoms with Gasteiger partial charge >= 0.3 is 0 Å². The first-order valence-electron chi connectivity index (χ1n) is 11.7. The maximum absolute atomic E-state index is 12.7. The van der Waals surface area contributed by atoms with Crippen LogP contribution >= 0.6 is 23.4 Å². The third-order valence-corrected chi connectivity index (χ3v) is 6.45. The van der Waals surface area contributed by atoms with Crippen molar-refractivity contribution in [3.63, 3.8) is 0 Å². The van der Waals surface area contributed by atoms with Crippen LogP contribution in [0, 0.1) is 0 Å². The first kappa shape index (κ1) is 27.0. The van der Waals surface area contributed by atoms with Crippen LogP contribution in [-0.4, -0.2) is 46.0 Å². The molecule has 9 nitrogen and oxygen atoms in total. The Balaban J connectivity index is 1.47. The van der Waals surface area contributed by atoms with Gasteiger partial charge in [0.15, 0.2) is 11.0 Å². The molecule has 4 rings (SSSR count). The van der Waals surface area contributed by atoms with Crippen molar-refractivity contribution in [1.29, 1.82) is 0 Å². The van der Waals surface area contributed by atoms with Crippen LogP contribution in [0.3, 0.4) is 0 Å². The van der Waals surface area contributed by atoms with Gasteiger partial charge in [-0.3, -0.25) is 14.2 Å². The molecule has 1 heterocycles. The zero-order valence-corrected chi connectivity index (χ0v) is 22.4. The standard InChI is InChI=1S/C27H26ClN5O4S/c1-3-37-22-12-10-20(11-13-22)30-25(34)17-38-27-32-31-24(33(27)21-8-5-7-19(28)15-21)16-29-26(35)18-6-4-9-23(14-18)36-2/h4-15H,3,16-17H2,1-2H3,(H,29,35)(H,30,34). The molecule has 38 heavy (non-hydrogen) atoms. The molecule has 11 heteroatoms. The zero-order chi connectivity index (χ0) is 26.9. The quantitative estimate of drug-likeness (QED) is 0.253. The largest absolute Gasteiger partial charge is 0.497 e. The molecule has 196 valence electrons. The molecule has 0 fully saturated rings. The second-order valence-corrected chi connectivity index (χ2v) is 9.30. The Morgan fingerprint density at radius 2 is 1.79 bits per heavy atom. The average Bonchev–Trinajstić information content (AvgIpc) is 3.34. The Morgan fingerprint density at radius 3 is 2.53 bits per heavy atom. The lowest BCUT2D eigenvalue weighted by Gasteiger charge is -2.12. The monoisotopic (exact) mass is 551 g/mol. The number of rotatable bonds is 11. The SMILES string of the molecule is CCOc1ccc(NC(=O)CSc2nnc(CNC(=O)c3cccc(OC)c3)n2-c2cccc(Cl)c2)cc1. The van der Waals surface area contributed by atoms with E-state index in [-0.39, 0.29) is 24.1 Å². The maximum Gasteiger partial charge on any atom is 0.251 e. The summed E-state index contributed by atoms with van der Waals surface area (Å²) in [5.41, 5.74) is 1.83. The van der Waals surface area contributed by atoms with Crippen LogP contribution in [0.4, 0.5) is 5.69 Å². The zero-order valence-electron chi connectivity index (χ0n) is 20.8. The molecule has 0 radical (unpaired) electrons. The number of carbonyl (C=O) groups is 2. The Hall–Kier alpha value is -4.02. The van der Waals surface area contributed by atoms with Gasteiger partial charge in [0, 0.05) is 16.3 Å². The van der Waals surface area contributed by atoms with E-state index in [0.29, 0.717) is 45.3 Å². The summed E-state index contributed by atoms with van der Waals surface area (Å²) < 4.78 is 12.4. The molecule has 0 bridgehead atoms. The number of anilines is 1. The molecular formula is C27H26ClN5O4S. The van der Waals surface area contributed by atoms with Gasteiger partial charge in [0.1, 0.15) is 11.5 Å². The fourth-order valence-corrected chi connectivity index (χ4v) is 4.49. The molecule has 4 aromatic rings. The van der Waals surface area contributed by atoms with Gasteiger partial charge in [-0.25, -0.2) is 0 Å². The predicted molar refractivity (Wildman–Crippen MR) is 147 cm³/mol. The summed E-state index contributed by atoms with van der Waals surface area (Å²) in [6.45, 7) is 2.59. The van der Waals surface area contributed by atoms with E-state index in [2.05, 4.69) is 20.8 Å². The minimum absolute atomic E-state index is 0.0993. The fraction of sp³-hybridized carbons (Fsp3) is 0.185. The molecule has 3 aromatic carbocycles. The molecule has 0 unspecified atom stereocenters. The van der Waals surface area contributed by atoms with E-state index < -0.39 is 0 Å². The molecule has 2 amide bonds. The smallest absolute Gasteiger partial charge is 0.251 e. The van der Waals surface area contributed by atoms with Gasteiger partial charge in [0.2, 0.25) is 5.91 Å². The second-order valence-electron chi connectivity index (χ2n) is 7.92. The number of amides is 2. The van der Waals surface area contributed by atoms with Gasteiger partial charge < -0.3 is 20.1 Å². The van der Waals surface area contributed by atoms with E-state index >= 15 is 0 Å².